The lowest BCUT2D eigenvalue weighted by atomic mass is 9.56. The van der Waals surface area contributed by atoms with Gasteiger partial charge in [-0.1, -0.05) is 18.2 Å². The first-order chi connectivity index (χ1) is 15.8. The number of ether oxygens (including phenoxy) is 5. The normalized spacial score (nSPS) is 49.6. The molecule has 10 atom stereocenters. The van der Waals surface area contributed by atoms with Crippen molar-refractivity contribution < 1.29 is 48.6 Å². The lowest BCUT2D eigenvalue weighted by Gasteiger charge is -2.52. The molecule has 1 aromatic carbocycles. The maximum atomic E-state index is 12.8. The Morgan fingerprint density at radius 3 is 2.64 bits per heavy atom. The zero-order valence-corrected chi connectivity index (χ0v) is 18.0. The summed E-state index contributed by atoms with van der Waals surface area (Å²) >= 11 is 0. The van der Waals surface area contributed by atoms with Crippen LogP contribution in [0.5, 0.6) is 0 Å². The SMILES string of the molecule is CC12CC(=O)C3CC(COC(=O)c4ccccc4)(C3O1)C21O[C@@H]2O[C@H](CO)[C@@H](O)[C@H](O)[C@H]2O1. The van der Waals surface area contributed by atoms with Gasteiger partial charge in [-0.25, -0.2) is 4.79 Å². The largest absolute Gasteiger partial charge is 0.461 e. The van der Waals surface area contributed by atoms with Gasteiger partial charge in [-0.05, 0) is 25.5 Å². The Balaban J connectivity index is 1.35. The minimum absolute atomic E-state index is 0.0208. The van der Waals surface area contributed by atoms with Crippen LogP contribution in [0.25, 0.3) is 0 Å². The Morgan fingerprint density at radius 1 is 1.15 bits per heavy atom. The number of ketones is 1. The van der Waals surface area contributed by atoms with Crippen LogP contribution in [0.15, 0.2) is 30.3 Å². The van der Waals surface area contributed by atoms with Crippen molar-refractivity contribution in [3.63, 3.8) is 0 Å². The van der Waals surface area contributed by atoms with Gasteiger partial charge in [0.2, 0.25) is 5.79 Å². The minimum Gasteiger partial charge on any atom is -0.461 e. The molecule has 10 nitrogen and oxygen atoms in total. The van der Waals surface area contributed by atoms with Gasteiger partial charge in [-0.2, -0.15) is 0 Å². The highest BCUT2D eigenvalue weighted by atomic mass is 16.9. The van der Waals surface area contributed by atoms with E-state index in [1.807, 2.05) is 0 Å². The summed E-state index contributed by atoms with van der Waals surface area (Å²) in [6.45, 7) is 1.07. The van der Waals surface area contributed by atoms with Crippen LogP contribution >= 0.6 is 0 Å². The number of Topliss-reactive ketones (excluding diaryl/α,β-unsaturated/α-hetero) is 1. The maximum Gasteiger partial charge on any atom is 0.338 e. The average Bonchev–Trinajstić information content (AvgIpc) is 3.22. The molecule has 2 bridgehead atoms. The predicted octanol–water partition coefficient (Wildman–Crippen LogP) is -0.469. The van der Waals surface area contributed by atoms with Gasteiger partial charge in [0.15, 0.2) is 6.29 Å². The molecule has 5 unspecified atom stereocenters. The molecule has 3 N–H and O–H groups in total. The predicted molar refractivity (Wildman–Crippen MR) is 107 cm³/mol. The molecular weight excluding hydrogens is 436 g/mol. The number of carbonyl (C=O) groups is 2. The fourth-order valence-electron chi connectivity index (χ4n) is 6.38. The van der Waals surface area contributed by atoms with Crippen LogP contribution in [0.2, 0.25) is 0 Å². The first kappa shape index (κ1) is 21.6. The van der Waals surface area contributed by atoms with Crippen molar-refractivity contribution in [3.05, 3.63) is 35.9 Å². The zero-order valence-electron chi connectivity index (χ0n) is 18.0. The third kappa shape index (κ3) is 2.62. The molecule has 5 fully saturated rings. The van der Waals surface area contributed by atoms with Crippen molar-refractivity contribution >= 4 is 11.8 Å². The molecule has 1 saturated carbocycles. The molecule has 1 aliphatic carbocycles. The third-order valence-electron chi connectivity index (χ3n) is 8.04. The third-order valence-corrected chi connectivity index (χ3v) is 8.04. The van der Waals surface area contributed by atoms with Gasteiger partial charge >= 0.3 is 5.97 Å². The molecule has 178 valence electrons. The molecule has 6 rings (SSSR count). The van der Waals surface area contributed by atoms with E-state index in [-0.39, 0.29) is 24.7 Å². The summed E-state index contributed by atoms with van der Waals surface area (Å²) in [4.78, 5) is 25.5. The van der Waals surface area contributed by atoms with Gasteiger partial charge in [0.1, 0.15) is 42.4 Å². The smallest absolute Gasteiger partial charge is 0.338 e. The Labute approximate surface area is 189 Å². The van der Waals surface area contributed by atoms with E-state index in [1.165, 1.54) is 0 Å². The van der Waals surface area contributed by atoms with Crippen LogP contribution in [-0.2, 0) is 28.5 Å². The van der Waals surface area contributed by atoms with Crippen LogP contribution in [0.3, 0.4) is 0 Å². The number of hydrogen-bond acceptors (Lipinski definition) is 10. The number of fused-ring (bicyclic) bond motifs is 4. The second kappa shape index (κ2) is 7.05. The van der Waals surface area contributed by atoms with Gasteiger partial charge in [-0.3, -0.25) is 4.79 Å². The van der Waals surface area contributed by atoms with E-state index in [1.54, 1.807) is 37.3 Å². The van der Waals surface area contributed by atoms with Crippen molar-refractivity contribution in [2.24, 2.45) is 11.3 Å². The molecule has 10 heteroatoms. The number of carbonyl (C=O) groups excluding carboxylic acids is 2. The molecule has 0 radical (unpaired) electrons. The molecule has 1 spiro atoms. The van der Waals surface area contributed by atoms with Crippen LogP contribution in [-0.4, -0.2) is 88.5 Å². The maximum absolute atomic E-state index is 12.8. The summed E-state index contributed by atoms with van der Waals surface area (Å²) in [6.07, 6.45) is -6.22. The van der Waals surface area contributed by atoms with Crippen molar-refractivity contribution in [1.82, 2.24) is 0 Å². The number of benzene rings is 1. The van der Waals surface area contributed by atoms with Crippen molar-refractivity contribution in [2.75, 3.05) is 13.2 Å². The summed E-state index contributed by atoms with van der Waals surface area (Å²) in [5.74, 6) is -2.41. The van der Waals surface area contributed by atoms with E-state index in [0.29, 0.717) is 12.0 Å². The number of aliphatic hydroxyl groups excluding tert-OH is 3. The molecule has 1 aromatic rings. The lowest BCUT2D eigenvalue weighted by Crippen LogP contribution is -2.65. The Bertz CT molecular complexity index is 985. The molecule has 4 saturated heterocycles. The fraction of sp³-hybridized carbons (Fsp3) is 0.652. The van der Waals surface area contributed by atoms with Crippen LogP contribution < -0.4 is 0 Å². The zero-order chi connectivity index (χ0) is 23.2. The quantitative estimate of drug-likeness (QED) is 0.503. The number of esters is 1. The summed E-state index contributed by atoms with van der Waals surface area (Å²) < 4.78 is 30.4. The van der Waals surface area contributed by atoms with E-state index >= 15 is 0 Å². The highest BCUT2D eigenvalue weighted by Gasteiger charge is 2.87. The molecule has 0 aromatic heterocycles. The van der Waals surface area contributed by atoms with E-state index < -0.39 is 66.2 Å². The van der Waals surface area contributed by atoms with Gasteiger partial charge in [0.05, 0.1) is 23.7 Å². The van der Waals surface area contributed by atoms with E-state index in [0.717, 1.165) is 0 Å². The second-order valence-corrected chi connectivity index (χ2v) is 9.84. The van der Waals surface area contributed by atoms with Crippen LogP contribution in [0, 0.1) is 11.3 Å². The van der Waals surface area contributed by atoms with Crippen molar-refractivity contribution in [2.45, 2.75) is 68.0 Å². The van der Waals surface area contributed by atoms with Gasteiger partial charge in [0.25, 0.3) is 0 Å². The highest BCUT2D eigenvalue weighted by molar-refractivity contribution is 5.89. The highest BCUT2D eigenvalue weighted by Crippen LogP contribution is 2.72. The van der Waals surface area contributed by atoms with Crippen molar-refractivity contribution in [1.29, 1.82) is 0 Å². The van der Waals surface area contributed by atoms with Crippen molar-refractivity contribution in [3.8, 4) is 0 Å². The minimum atomic E-state index is -1.55. The molecule has 0 amide bonds. The number of rotatable bonds is 4. The standard InChI is InChI=1S/C23H26O10/c1-21-8-13(25)12-7-22(18(12)32-21,10-29-19(28)11-5-3-2-4-6-11)23(21)31-17-16(27)15(26)14(9-24)30-20(17)33-23/h2-6,12,14-18,20,24,26-27H,7-10H2,1H3/t12?,14-,15-,16+,17-,18?,20+,21?,22?,23?/m1/s1. The second-order valence-electron chi connectivity index (χ2n) is 9.84. The Kier molecular flexibility index (Phi) is 4.61. The number of hydrogen-bond donors (Lipinski definition) is 3. The molecule has 4 aliphatic heterocycles. The first-order valence-corrected chi connectivity index (χ1v) is 11.2. The molecule has 5 aliphatic rings. The molecule has 4 heterocycles. The summed E-state index contributed by atoms with van der Waals surface area (Å²) in [5, 5.41) is 30.5. The Hall–Kier alpha value is -1.92. The average molecular weight is 462 g/mol. The van der Waals surface area contributed by atoms with E-state index in [9.17, 15) is 24.9 Å². The summed E-state index contributed by atoms with van der Waals surface area (Å²) in [7, 11) is 0. The lowest BCUT2D eigenvalue weighted by molar-refractivity contribution is -0.310. The van der Waals surface area contributed by atoms with Gasteiger partial charge < -0.3 is 39.0 Å². The number of aliphatic hydroxyl groups is 3. The van der Waals surface area contributed by atoms with Crippen LogP contribution in [0.1, 0.15) is 30.1 Å². The fourth-order valence-corrected chi connectivity index (χ4v) is 6.38. The topological polar surface area (TPSA) is 141 Å². The molecular formula is C23H26O10. The Morgan fingerprint density at radius 2 is 1.91 bits per heavy atom. The van der Waals surface area contributed by atoms with E-state index in [2.05, 4.69) is 0 Å². The summed E-state index contributed by atoms with van der Waals surface area (Å²) in [5.41, 5.74) is -1.82. The summed E-state index contributed by atoms with van der Waals surface area (Å²) in [6, 6.07) is 8.55. The monoisotopic (exact) mass is 462 g/mol. The molecule has 33 heavy (non-hydrogen) atoms. The first-order valence-electron chi connectivity index (χ1n) is 11.2. The van der Waals surface area contributed by atoms with E-state index in [4.69, 9.17) is 23.7 Å². The van der Waals surface area contributed by atoms with Gasteiger partial charge in [-0.15, -0.1) is 0 Å². The van der Waals surface area contributed by atoms with Crippen LogP contribution in [0.4, 0.5) is 0 Å². The van der Waals surface area contributed by atoms with Gasteiger partial charge in [0, 0.05) is 12.3 Å².